The minimum Gasteiger partial charge on any atom is -0.356 e. The van der Waals surface area contributed by atoms with Crippen LogP contribution in [0.5, 0.6) is 0 Å². The highest BCUT2D eigenvalue weighted by atomic mass is 32.2. The maximum atomic E-state index is 11.7. The molecular weight excluding hydrogens is 320 g/mol. The number of thioether (sulfide) groups is 1. The quantitative estimate of drug-likeness (QED) is 0.295. The van der Waals surface area contributed by atoms with E-state index in [0.29, 0.717) is 0 Å². The molecule has 0 aliphatic carbocycles. The van der Waals surface area contributed by atoms with Crippen molar-refractivity contribution >= 4 is 23.6 Å². The van der Waals surface area contributed by atoms with E-state index in [0.717, 1.165) is 31.2 Å². The van der Waals surface area contributed by atoms with E-state index in [-0.39, 0.29) is 12.5 Å². The number of amides is 1. The predicted molar refractivity (Wildman–Crippen MR) is 104 cm³/mol. The summed E-state index contributed by atoms with van der Waals surface area (Å²) in [6.45, 7) is 4.03. The minimum atomic E-state index is 0.00307. The Morgan fingerprint density at radius 3 is 2.50 bits per heavy atom. The summed E-state index contributed by atoms with van der Waals surface area (Å²) in [5.41, 5.74) is 0. The zero-order valence-corrected chi connectivity index (χ0v) is 15.9. The summed E-state index contributed by atoms with van der Waals surface area (Å²) in [4.78, 5) is 18.9. The van der Waals surface area contributed by atoms with Crippen LogP contribution in [0.25, 0.3) is 0 Å². The summed E-state index contributed by atoms with van der Waals surface area (Å²) < 4.78 is 0. The zero-order chi connectivity index (χ0) is 17.6. The molecule has 0 spiro atoms. The first-order chi connectivity index (χ1) is 11.6. The van der Waals surface area contributed by atoms with Gasteiger partial charge in [-0.05, 0) is 18.6 Å². The van der Waals surface area contributed by atoms with Gasteiger partial charge in [0, 0.05) is 37.8 Å². The lowest BCUT2D eigenvalue weighted by Gasteiger charge is -2.13. The molecule has 0 unspecified atom stereocenters. The van der Waals surface area contributed by atoms with Gasteiger partial charge in [0.05, 0.1) is 0 Å². The van der Waals surface area contributed by atoms with Crippen LogP contribution in [0.1, 0.15) is 26.2 Å². The van der Waals surface area contributed by atoms with Gasteiger partial charge in [0.15, 0.2) is 5.96 Å². The molecule has 1 amide bonds. The van der Waals surface area contributed by atoms with Crippen LogP contribution in [-0.2, 0) is 4.79 Å². The monoisotopic (exact) mass is 350 g/mol. The highest BCUT2D eigenvalue weighted by molar-refractivity contribution is 7.99. The van der Waals surface area contributed by atoms with Gasteiger partial charge in [-0.15, -0.1) is 11.8 Å². The highest BCUT2D eigenvalue weighted by Gasteiger charge is 2.04. The van der Waals surface area contributed by atoms with E-state index in [1.165, 1.54) is 17.7 Å². The van der Waals surface area contributed by atoms with Crippen LogP contribution in [0.15, 0.2) is 40.2 Å². The second-order valence-electron chi connectivity index (χ2n) is 5.68. The van der Waals surface area contributed by atoms with Crippen molar-refractivity contribution in [1.29, 1.82) is 0 Å². The van der Waals surface area contributed by atoms with Gasteiger partial charge < -0.3 is 15.5 Å². The summed E-state index contributed by atoms with van der Waals surface area (Å²) in [6, 6.07) is 10.3. The van der Waals surface area contributed by atoms with E-state index in [1.807, 2.05) is 18.2 Å². The van der Waals surface area contributed by atoms with E-state index in [9.17, 15) is 4.79 Å². The minimum absolute atomic E-state index is 0.00307. The maximum absolute atomic E-state index is 11.7. The fourth-order valence-corrected chi connectivity index (χ4v) is 2.69. The average Bonchev–Trinajstić information content (AvgIpc) is 2.59. The molecule has 134 valence electrons. The summed E-state index contributed by atoms with van der Waals surface area (Å²) in [6.07, 6.45) is 3.49. The molecule has 0 aromatic heterocycles. The number of hydrogen-bond donors (Lipinski definition) is 2. The van der Waals surface area contributed by atoms with Gasteiger partial charge >= 0.3 is 0 Å². The molecule has 6 heteroatoms. The Balaban J connectivity index is 2.38. The molecule has 1 rings (SSSR count). The van der Waals surface area contributed by atoms with Gasteiger partial charge in [-0.2, -0.15) is 0 Å². The van der Waals surface area contributed by atoms with Crippen LogP contribution in [0, 0.1) is 0 Å². The molecule has 0 aliphatic heterocycles. The highest BCUT2D eigenvalue weighted by Crippen LogP contribution is 2.15. The number of hydrogen-bond acceptors (Lipinski definition) is 3. The van der Waals surface area contributed by atoms with Crippen molar-refractivity contribution in [2.75, 3.05) is 39.5 Å². The van der Waals surface area contributed by atoms with Crippen LogP contribution in [0.4, 0.5) is 0 Å². The molecule has 0 atom stereocenters. The van der Waals surface area contributed by atoms with Crippen molar-refractivity contribution < 1.29 is 4.79 Å². The van der Waals surface area contributed by atoms with Gasteiger partial charge in [-0.3, -0.25) is 4.79 Å². The summed E-state index contributed by atoms with van der Waals surface area (Å²) in [5.74, 6) is 1.67. The second kappa shape index (κ2) is 12.7. The first kappa shape index (κ1) is 20.4. The van der Waals surface area contributed by atoms with Crippen LogP contribution in [0.2, 0.25) is 0 Å². The molecule has 1 aromatic carbocycles. The lowest BCUT2D eigenvalue weighted by molar-refractivity contribution is -0.127. The SMILES string of the molecule is CCCCCNC(=NCC(=O)N(C)C)NCCSc1ccccc1. The third-order valence-corrected chi connectivity index (χ3v) is 4.36. The zero-order valence-electron chi connectivity index (χ0n) is 15.0. The number of likely N-dealkylation sites (N-methyl/N-ethyl adjacent to an activating group) is 1. The molecule has 0 fully saturated rings. The number of carbonyl (C=O) groups excluding carboxylic acids is 1. The summed E-state index contributed by atoms with van der Waals surface area (Å²) in [5, 5.41) is 6.61. The first-order valence-corrected chi connectivity index (χ1v) is 9.52. The van der Waals surface area contributed by atoms with Crippen molar-refractivity contribution in [3.05, 3.63) is 30.3 Å². The van der Waals surface area contributed by atoms with Gasteiger partial charge in [0.2, 0.25) is 5.91 Å². The Kier molecular flexibility index (Phi) is 10.8. The van der Waals surface area contributed by atoms with Crippen LogP contribution in [0.3, 0.4) is 0 Å². The lowest BCUT2D eigenvalue weighted by Crippen LogP contribution is -2.40. The van der Waals surface area contributed by atoms with E-state index in [4.69, 9.17) is 0 Å². The molecule has 0 aliphatic rings. The van der Waals surface area contributed by atoms with Gasteiger partial charge in [-0.1, -0.05) is 38.0 Å². The van der Waals surface area contributed by atoms with Gasteiger partial charge in [-0.25, -0.2) is 4.99 Å². The Morgan fingerprint density at radius 2 is 1.83 bits per heavy atom. The number of nitrogens with zero attached hydrogens (tertiary/aromatic N) is 2. The smallest absolute Gasteiger partial charge is 0.243 e. The number of rotatable bonds is 10. The molecule has 0 saturated carbocycles. The Morgan fingerprint density at radius 1 is 1.12 bits per heavy atom. The van der Waals surface area contributed by atoms with E-state index in [2.05, 4.69) is 34.7 Å². The third-order valence-electron chi connectivity index (χ3n) is 3.35. The summed E-state index contributed by atoms with van der Waals surface area (Å²) in [7, 11) is 3.49. The molecule has 0 saturated heterocycles. The number of unbranched alkanes of at least 4 members (excludes halogenated alkanes) is 2. The van der Waals surface area contributed by atoms with E-state index < -0.39 is 0 Å². The second-order valence-corrected chi connectivity index (χ2v) is 6.84. The van der Waals surface area contributed by atoms with Crippen LogP contribution >= 0.6 is 11.8 Å². The van der Waals surface area contributed by atoms with Crippen molar-refractivity contribution in [1.82, 2.24) is 15.5 Å². The van der Waals surface area contributed by atoms with Crippen molar-refractivity contribution in [2.24, 2.45) is 4.99 Å². The molecule has 1 aromatic rings. The van der Waals surface area contributed by atoms with Crippen LogP contribution in [-0.4, -0.2) is 56.2 Å². The normalized spacial score (nSPS) is 11.2. The van der Waals surface area contributed by atoms with E-state index in [1.54, 1.807) is 30.8 Å². The predicted octanol–water partition coefficient (Wildman–Crippen LogP) is 2.59. The Bertz CT molecular complexity index is 491. The van der Waals surface area contributed by atoms with Gasteiger partial charge in [0.1, 0.15) is 6.54 Å². The number of nitrogens with one attached hydrogen (secondary N) is 2. The Hall–Kier alpha value is -1.69. The molecule has 5 nitrogen and oxygen atoms in total. The number of aliphatic imine (C=N–C) groups is 1. The van der Waals surface area contributed by atoms with Crippen molar-refractivity contribution in [3.63, 3.8) is 0 Å². The molecule has 0 radical (unpaired) electrons. The number of carbonyl (C=O) groups is 1. The molecular formula is C18H30N4OS. The molecule has 0 heterocycles. The Labute approximate surface area is 150 Å². The largest absolute Gasteiger partial charge is 0.356 e. The standard InChI is InChI=1S/C18H30N4OS/c1-4-5-9-12-19-18(21-15-17(23)22(2)3)20-13-14-24-16-10-7-6-8-11-16/h6-8,10-11H,4-5,9,12-15H2,1-3H3,(H2,19,20,21). The number of guanidine groups is 1. The van der Waals surface area contributed by atoms with Crippen molar-refractivity contribution in [2.45, 2.75) is 31.1 Å². The molecule has 24 heavy (non-hydrogen) atoms. The van der Waals surface area contributed by atoms with Gasteiger partial charge in [0.25, 0.3) is 0 Å². The topological polar surface area (TPSA) is 56.7 Å². The fraction of sp³-hybridized carbons (Fsp3) is 0.556. The third kappa shape index (κ3) is 9.45. The number of benzene rings is 1. The van der Waals surface area contributed by atoms with Crippen molar-refractivity contribution in [3.8, 4) is 0 Å². The first-order valence-electron chi connectivity index (χ1n) is 8.53. The molecule has 2 N–H and O–H groups in total. The van der Waals surface area contributed by atoms with Crippen LogP contribution < -0.4 is 10.6 Å². The maximum Gasteiger partial charge on any atom is 0.243 e. The fourth-order valence-electron chi connectivity index (χ4n) is 1.90. The average molecular weight is 351 g/mol. The lowest BCUT2D eigenvalue weighted by atomic mass is 10.2. The van der Waals surface area contributed by atoms with E-state index >= 15 is 0 Å². The molecule has 0 bridgehead atoms. The summed E-state index contributed by atoms with van der Waals surface area (Å²) >= 11 is 1.80.